The number of rotatable bonds is 4. The number of nitriles is 1. The maximum absolute atomic E-state index is 12.1. The minimum atomic E-state index is -0.614. The smallest absolute Gasteiger partial charge is 0.244 e. The number of ether oxygens (including phenoxy) is 1. The predicted molar refractivity (Wildman–Crippen MR) is 70.3 cm³/mol. The van der Waals surface area contributed by atoms with Gasteiger partial charge in [0.1, 0.15) is 11.7 Å². The molecule has 0 spiro atoms. The van der Waals surface area contributed by atoms with E-state index in [9.17, 15) is 4.79 Å². The fourth-order valence-electron chi connectivity index (χ4n) is 1.63. The Morgan fingerprint density at radius 1 is 1.33 bits per heavy atom. The van der Waals surface area contributed by atoms with Crippen LogP contribution in [0, 0.1) is 23.2 Å². The predicted octanol–water partition coefficient (Wildman–Crippen LogP) is 2.45. The summed E-state index contributed by atoms with van der Waals surface area (Å²) in [6.45, 7) is 3.74. The molecule has 0 aliphatic carbocycles. The van der Waals surface area contributed by atoms with Crippen LogP contribution in [0.25, 0.3) is 0 Å². The van der Waals surface area contributed by atoms with Gasteiger partial charge in [0.25, 0.3) is 0 Å². The molecule has 96 valence electrons. The molecule has 1 aromatic carbocycles. The van der Waals surface area contributed by atoms with Gasteiger partial charge in [0.15, 0.2) is 0 Å². The lowest BCUT2D eigenvalue weighted by molar-refractivity contribution is -0.121. The van der Waals surface area contributed by atoms with Crippen molar-refractivity contribution in [1.82, 2.24) is 0 Å². The maximum Gasteiger partial charge on any atom is 0.244 e. The summed E-state index contributed by atoms with van der Waals surface area (Å²) in [5.41, 5.74) is 0.752. The largest absolute Gasteiger partial charge is 0.497 e. The van der Waals surface area contributed by atoms with Crippen LogP contribution < -0.4 is 9.64 Å². The molecule has 0 fully saturated rings. The van der Waals surface area contributed by atoms with Crippen LogP contribution in [0.2, 0.25) is 0 Å². The lowest BCUT2D eigenvalue weighted by Crippen LogP contribution is -2.34. The van der Waals surface area contributed by atoms with Crippen LogP contribution in [0.3, 0.4) is 0 Å². The summed E-state index contributed by atoms with van der Waals surface area (Å²) in [5.74, 6) is -0.0572. The van der Waals surface area contributed by atoms with E-state index in [1.54, 1.807) is 38.4 Å². The van der Waals surface area contributed by atoms with Crippen LogP contribution in [-0.2, 0) is 4.79 Å². The van der Waals surface area contributed by atoms with Crippen molar-refractivity contribution in [3.05, 3.63) is 24.3 Å². The van der Waals surface area contributed by atoms with Crippen LogP contribution in [-0.4, -0.2) is 20.1 Å². The quantitative estimate of drug-likeness (QED) is 0.820. The van der Waals surface area contributed by atoms with Crippen molar-refractivity contribution in [2.24, 2.45) is 11.8 Å². The molecule has 0 saturated heterocycles. The van der Waals surface area contributed by atoms with E-state index in [1.165, 1.54) is 4.90 Å². The monoisotopic (exact) mass is 246 g/mol. The van der Waals surface area contributed by atoms with Crippen molar-refractivity contribution in [2.45, 2.75) is 13.8 Å². The molecular formula is C14H18N2O2. The van der Waals surface area contributed by atoms with E-state index < -0.39 is 5.92 Å². The van der Waals surface area contributed by atoms with E-state index in [2.05, 4.69) is 6.07 Å². The number of benzene rings is 1. The van der Waals surface area contributed by atoms with Gasteiger partial charge in [-0.15, -0.1) is 0 Å². The van der Waals surface area contributed by atoms with E-state index in [0.29, 0.717) is 0 Å². The topological polar surface area (TPSA) is 53.3 Å². The van der Waals surface area contributed by atoms with E-state index in [0.717, 1.165) is 11.4 Å². The van der Waals surface area contributed by atoms with Crippen LogP contribution in [0.1, 0.15) is 13.8 Å². The van der Waals surface area contributed by atoms with Crippen LogP contribution in [0.5, 0.6) is 5.75 Å². The number of hydrogen-bond acceptors (Lipinski definition) is 3. The van der Waals surface area contributed by atoms with Gasteiger partial charge in [-0.05, 0) is 30.2 Å². The Kier molecular flexibility index (Phi) is 4.73. The molecule has 0 bridgehead atoms. The molecule has 1 rings (SSSR count). The Morgan fingerprint density at radius 3 is 2.28 bits per heavy atom. The Hall–Kier alpha value is -2.02. The molecule has 0 heterocycles. The molecule has 0 aliphatic rings. The van der Waals surface area contributed by atoms with E-state index in [4.69, 9.17) is 10.00 Å². The second-order valence-electron chi connectivity index (χ2n) is 4.45. The summed E-state index contributed by atoms with van der Waals surface area (Å²) < 4.78 is 5.06. The van der Waals surface area contributed by atoms with Crippen LogP contribution >= 0.6 is 0 Å². The molecule has 4 nitrogen and oxygen atoms in total. The fourth-order valence-corrected chi connectivity index (χ4v) is 1.63. The van der Waals surface area contributed by atoms with E-state index >= 15 is 0 Å². The molecule has 0 saturated carbocycles. The number of nitrogens with zero attached hydrogens (tertiary/aromatic N) is 2. The molecule has 1 amide bonds. The van der Waals surface area contributed by atoms with Gasteiger partial charge in [0, 0.05) is 12.7 Å². The van der Waals surface area contributed by atoms with Crippen molar-refractivity contribution in [1.29, 1.82) is 5.26 Å². The third kappa shape index (κ3) is 3.01. The summed E-state index contributed by atoms with van der Waals surface area (Å²) in [6.07, 6.45) is 0. The Labute approximate surface area is 108 Å². The molecule has 18 heavy (non-hydrogen) atoms. The zero-order chi connectivity index (χ0) is 13.7. The molecule has 1 unspecified atom stereocenters. The fraction of sp³-hybridized carbons (Fsp3) is 0.429. The first kappa shape index (κ1) is 14.0. The van der Waals surface area contributed by atoms with Gasteiger partial charge in [-0.1, -0.05) is 13.8 Å². The molecule has 4 heteroatoms. The van der Waals surface area contributed by atoms with Crippen molar-refractivity contribution < 1.29 is 9.53 Å². The average molecular weight is 246 g/mol. The second kappa shape index (κ2) is 6.06. The highest BCUT2D eigenvalue weighted by Gasteiger charge is 2.25. The van der Waals surface area contributed by atoms with Crippen molar-refractivity contribution in [2.75, 3.05) is 19.1 Å². The highest BCUT2D eigenvalue weighted by atomic mass is 16.5. The molecule has 0 N–H and O–H groups in total. The molecular weight excluding hydrogens is 228 g/mol. The maximum atomic E-state index is 12.1. The Bertz CT molecular complexity index is 446. The van der Waals surface area contributed by atoms with Gasteiger partial charge < -0.3 is 9.64 Å². The molecule has 1 aromatic rings. The van der Waals surface area contributed by atoms with E-state index in [-0.39, 0.29) is 11.8 Å². The number of amides is 1. The molecule has 0 radical (unpaired) electrons. The minimum Gasteiger partial charge on any atom is -0.497 e. The van der Waals surface area contributed by atoms with Gasteiger partial charge in [-0.25, -0.2) is 0 Å². The minimum absolute atomic E-state index is 0.00296. The summed E-state index contributed by atoms with van der Waals surface area (Å²) in [7, 11) is 3.27. The number of carbonyl (C=O) groups excluding carboxylic acids is 1. The summed E-state index contributed by atoms with van der Waals surface area (Å²) in [6, 6.07) is 9.23. The number of methoxy groups -OCH3 is 1. The first-order valence-electron chi connectivity index (χ1n) is 5.82. The van der Waals surface area contributed by atoms with Gasteiger partial charge in [-0.2, -0.15) is 5.26 Å². The first-order valence-corrected chi connectivity index (χ1v) is 5.82. The molecule has 1 atom stereocenters. The van der Waals surface area contributed by atoms with Crippen LogP contribution in [0.4, 0.5) is 5.69 Å². The number of anilines is 1. The van der Waals surface area contributed by atoms with Crippen molar-refractivity contribution in [3.63, 3.8) is 0 Å². The Morgan fingerprint density at radius 2 is 1.89 bits per heavy atom. The first-order chi connectivity index (χ1) is 8.51. The van der Waals surface area contributed by atoms with E-state index in [1.807, 2.05) is 13.8 Å². The summed E-state index contributed by atoms with van der Waals surface area (Å²) in [5, 5.41) is 9.03. The average Bonchev–Trinajstić information content (AvgIpc) is 2.38. The zero-order valence-corrected chi connectivity index (χ0v) is 11.2. The normalized spacial score (nSPS) is 11.8. The number of hydrogen-bond donors (Lipinski definition) is 0. The van der Waals surface area contributed by atoms with Gasteiger partial charge >= 0.3 is 0 Å². The second-order valence-corrected chi connectivity index (χ2v) is 4.45. The SMILES string of the molecule is COc1ccc(N(C)C(=O)C(C#N)C(C)C)cc1. The zero-order valence-electron chi connectivity index (χ0n) is 11.2. The number of carbonyl (C=O) groups is 1. The standard InChI is InChI=1S/C14H18N2O2/c1-10(2)13(9-15)14(17)16(3)11-5-7-12(18-4)8-6-11/h5-8,10,13H,1-4H3. The Balaban J connectivity index is 2.89. The third-order valence-corrected chi connectivity index (χ3v) is 2.86. The van der Waals surface area contributed by atoms with Crippen molar-refractivity contribution >= 4 is 11.6 Å². The van der Waals surface area contributed by atoms with Crippen LogP contribution in [0.15, 0.2) is 24.3 Å². The lowest BCUT2D eigenvalue weighted by atomic mass is 9.96. The third-order valence-electron chi connectivity index (χ3n) is 2.86. The highest BCUT2D eigenvalue weighted by Crippen LogP contribution is 2.21. The van der Waals surface area contributed by atoms with Gasteiger partial charge in [-0.3, -0.25) is 4.79 Å². The van der Waals surface area contributed by atoms with Gasteiger partial charge in [0.2, 0.25) is 5.91 Å². The van der Waals surface area contributed by atoms with Crippen molar-refractivity contribution in [3.8, 4) is 11.8 Å². The molecule has 0 aliphatic heterocycles. The summed E-state index contributed by atoms with van der Waals surface area (Å²) in [4.78, 5) is 13.7. The van der Waals surface area contributed by atoms with Gasteiger partial charge in [0.05, 0.1) is 13.2 Å². The molecule has 0 aromatic heterocycles. The summed E-state index contributed by atoms with van der Waals surface area (Å²) >= 11 is 0. The lowest BCUT2D eigenvalue weighted by Gasteiger charge is -2.22. The highest BCUT2D eigenvalue weighted by molar-refractivity contribution is 5.96.